The minimum atomic E-state index is -2.62. The van der Waals surface area contributed by atoms with Gasteiger partial charge in [0.15, 0.2) is 6.29 Å². The first kappa shape index (κ1) is 22.6. The van der Waals surface area contributed by atoms with E-state index in [4.69, 9.17) is 20.6 Å². The predicted molar refractivity (Wildman–Crippen MR) is 108 cm³/mol. The number of carbonyl (C=O) groups is 1. The summed E-state index contributed by atoms with van der Waals surface area (Å²) >= 11 is 0. The van der Waals surface area contributed by atoms with Gasteiger partial charge in [-0.05, 0) is 25.0 Å². The van der Waals surface area contributed by atoms with Crippen molar-refractivity contribution in [3.05, 3.63) is 52.0 Å². The lowest BCUT2D eigenvalue weighted by Crippen LogP contribution is -2.19. The van der Waals surface area contributed by atoms with Crippen molar-refractivity contribution in [1.82, 2.24) is 9.97 Å². The summed E-state index contributed by atoms with van der Waals surface area (Å²) in [6, 6.07) is 3.82. The van der Waals surface area contributed by atoms with Crippen LogP contribution in [0.25, 0.3) is 0 Å². The molecule has 1 atom stereocenters. The molecule has 1 aromatic carbocycles. The van der Waals surface area contributed by atoms with Gasteiger partial charge in [0.05, 0.1) is 38.0 Å². The number of rotatable bonds is 7. The molecule has 1 aliphatic heterocycles. The smallest absolute Gasteiger partial charge is 0.311 e. The first-order valence-electron chi connectivity index (χ1n) is 9.63. The molecule has 0 aliphatic carbocycles. The number of aromatic nitrogens is 2. The Morgan fingerprint density at radius 1 is 1.29 bits per heavy atom. The van der Waals surface area contributed by atoms with Gasteiger partial charge in [-0.2, -0.15) is 0 Å². The number of methoxy groups -OCH3 is 1. The summed E-state index contributed by atoms with van der Waals surface area (Å²) in [5, 5.41) is 3.13. The summed E-state index contributed by atoms with van der Waals surface area (Å²) < 4.78 is 42.7. The van der Waals surface area contributed by atoms with Gasteiger partial charge in [0.2, 0.25) is 0 Å². The van der Waals surface area contributed by atoms with Crippen LogP contribution in [0.3, 0.4) is 0 Å². The molecule has 1 N–H and O–H groups in total. The van der Waals surface area contributed by atoms with Crippen LogP contribution in [0.15, 0.2) is 18.2 Å². The maximum Gasteiger partial charge on any atom is 0.311 e. The molecule has 9 heteroatoms. The number of terminal acetylenes is 1. The van der Waals surface area contributed by atoms with E-state index in [0.29, 0.717) is 47.2 Å². The first-order chi connectivity index (χ1) is 14.8. The number of hydrogen-bond donors (Lipinski definition) is 1. The van der Waals surface area contributed by atoms with Crippen molar-refractivity contribution in [3.8, 4) is 12.3 Å². The third-order valence-corrected chi connectivity index (χ3v) is 4.94. The molecule has 1 aliphatic rings. The van der Waals surface area contributed by atoms with Crippen LogP contribution in [0.2, 0.25) is 0 Å². The second-order valence-corrected chi connectivity index (χ2v) is 6.91. The van der Waals surface area contributed by atoms with Gasteiger partial charge in [-0.25, -0.2) is 18.7 Å². The van der Waals surface area contributed by atoms with Crippen LogP contribution in [0.5, 0.6) is 0 Å². The zero-order valence-corrected chi connectivity index (χ0v) is 17.4. The molecule has 31 heavy (non-hydrogen) atoms. The normalized spacial score (nSPS) is 15.0. The molecule has 0 saturated carbocycles. The van der Waals surface area contributed by atoms with Crippen LogP contribution in [-0.4, -0.2) is 36.3 Å². The summed E-state index contributed by atoms with van der Waals surface area (Å²) in [4.78, 5) is 20.7. The van der Waals surface area contributed by atoms with Crippen molar-refractivity contribution >= 4 is 11.8 Å². The molecular weight excluding hydrogens is 408 g/mol. The summed E-state index contributed by atoms with van der Waals surface area (Å²) in [5.41, 5.74) is 1.63. The van der Waals surface area contributed by atoms with Crippen LogP contribution in [-0.2, 0) is 25.4 Å². The average Bonchev–Trinajstić information content (AvgIpc) is 3.26. The highest BCUT2D eigenvalue weighted by molar-refractivity contribution is 5.73. The highest BCUT2D eigenvalue weighted by atomic mass is 19.3. The molecule has 3 rings (SSSR count). The maximum absolute atomic E-state index is 13.4. The van der Waals surface area contributed by atoms with Gasteiger partial charge < -0.3 is 19.5 Å². The number of carbonyl (C=O) groups excluding carboxylic acids is 1. The fourth-order valence-electron chi connectivity index (χ4n) is 3.43. The van der Waals surface area contributed by atoms with E-state index in [1.165, 1.54) is 19.2 Å². The number of esters is 1. The molecule has 0 unspecified atom stereocenters. The number of ether oxygens (including phenoxy) is 3. The largest absolute Gasteiger partial charge is 0.469 e. The van der Waals surface area contributed by atoms with Crippen molar-refractivity contribution in [2.24, 2.45) is 0 Å². The number of aryl methyl sites for hydroxylation is 1. The average molecular weight is 431 g/mol. The Hall–Kier alpha value is -3.09. The molecule has 7 nitrogen and oxygen atoms in total. The van der Waals surface area contributed by atoms with Crippen molar-refractivity contribution in [2.45, 2.75) is 39.0 Å². The number of anilines is 1. The predicted octanol–water partition coefficient (Wildman–Crippen LogP) is 3.58. The maximum atomic E-state index is 13.4. The lowest BCUT2D eigenvalue weighted by Gasteiger charge is -2.23. The minimum absolute atomic E-state index is 0.0903. The summed E-state index contributed by atoms with van der Waals surface area (Å²) in [5.74, 6) is 2.80. The Morgan fingerprint density at radius 3 is 2.58 bits per heavy atom. The van der Waals surface area contributed by atoms with E-state index in [2.05, 4.69) is 21.2 Å². The van der Waals surface area contributed by atoms with Crippen LogP contribution >= 0.6 is 0 Å². The Labute approximate surface area is 179 Å². The zero-order valence-electron chi connectivity index (χ0n) is 17.4. The van der Waals surface area contributed by atoms with E-state index in [1.54, 1.807) is 19.9 Å². The second-order valence-electron chi connectivity index (χ2n) is 6.91. The summed E-state index contributed by atoms with van der Waals surface area (Å²) in [6.07, 6.45) is 2.21. The molecule has 0 bridgehead atoms. The van der Waals surface area contributed by atoms with E-state index >= 15 is 0 Å². The number of halogens is 2. The number of nitrogens with zero attached hydrogens (tertiary/aromatic N) is 2. The van der Waals surface area contributed by atoms with E-state index < -0.39 is 24.7 Å². The quantitative estimate of drug-likeness (QED) is 0.530. The molecule has 0 radical (unpaired) electrons. The lowest BCUT2D eigenvalue weighted by molar-refractivity contribution is -0.139. The third-order valence-electron chi connectivity index (χ3n) is 4.94. The van der Waals surface area contributed by atoms with Gasteiger partial charge >= 0.3 is 5.97 Å². The number of benzene rings is 1. The highest BCUT2D eigenvalue weighted by Crippen LogP contribution is 2.35. The molecule has 2 heterocycles. The van der Waals surface area contributed by atoms with Gasteiger partial charge in [0.25, 0.3) is 6.43 Å². The Bertz CT molecular complexity index is 1000. The topological polar surface area (TPSA) is 82.6 Å². The fraction of sp³-hybridized carbons (Fsp3) is 0.409. The van der Waals surface area contributed by atoms with Gasteiger partial charge in [-0.15, -0.1) is 6.42 Å². The first-order valence-corrected chi connectivity index (χ1v) is 9.63. The molecule has 1 fully saturated rings. The van der Waals surface area contributed by atoms with E-state index in [-0.39, 0.29) is 12.0 Å². The number of hydrogen-bond acceptors (Lipinski definition) is 7. The molecule has 164 valence electrons. The second kappa shape index (κ2) is 9.81. The van der Waals surface area contributed by atoms with E-state index in [0.717, 1.165) is 0 Å². The van der Waals surface area contributed by atoms with Crippen LogP contribution in [0.1, 0.15) is 52.5 Å². The SMILES string of the molecule is C#C[C@@H](Nc1nc(C)nc(CC(=O)OC)c1C1OCCO1)c1cccc(C(F)F)c1C. The van der Waals surface area contributed by atoms with Crippen molar-refractivity contribution in [2.75, 3.05) is 25.6 Å². The Kier molecular flexibility index (Phi) is 7.15. The molecule has 0 amide bonds. The van der Waals surface area contributed by atoms with Crippen molar-refractivity contribution in [3.63, 3.8) is 0 Å². The van der Waals surface area contributed by atoms with E-state index in [1.807, 2.05) is 0 Å². The third kappa shape index (κ3) is 4.98. The van der Waals surface area contributed by atoms with E-state index in [9.17, 15) is 13.6 Å². The van der Waals surface area contributed by atoms with Crippen molar-refractivity contribution in [1.29, 1.82) is 0 Å². The van der Waals surface area contributed by atoms with Crippen LogP contribution in [0.4, 0.5) is 14.6 Å². The van der Waals surface area contributed by atoms with Gasteiger partial charge in [-0.3, -0.25) is 4.79 Å². The molecule has 0 spiro atoms. The van der Waals surface area contributed by atoms with Gasteiger partial charge in [-0.1, -0.05) is 24.1 Å². The summed E-state index contributed by atoms with van der Waals surface area (Å²) in [6.45, 7) is 3.99. The molecule has 2 aromatic rings. The Balaban J connectivity index is 2.06. The number of alkyl halides is 2. The fourth-order valence-corrected chi connectivity index (χ4v) is 3.43. The molecule has 1 aromatic heterocycles. The highest BCUT2D eigenvalue weighted by Gasteiger charge is 2.29. The van der Waals surface area contributed by atoms with Crippen LogP contribution in [0, 0.1) is 26.2 Å². The van der Waals surface area contributed by atoms with Gasteiger partial charge in [0, 0.05) is 5.56 Å². The standard InChI is InChI=1S/C22H23F2N3O4/c1-5-16(14-7-6-8-15(12(14)2)20(23)24)27-21-19(22-30-9-10-31-22)17(11-18(28)29-4)25-13(3)26-21/h1,6-8,16,20,22H,9-11H2,2-4H3,(H,25,26,27)/t16-/m1/s1. The molecular formula is C22H23F2N3O4. The monoisotopic (exact) mass is 431 g/mol. The number of nitrogens with one attached hydrogen (secondary N) is 1. The minimum Gasteiger partial charge on any atom is -0.469 e. The molecule has 1 saturated heterocycles. The van der Waals surface area contributed by atoms with Gasteiger partial charge in [0.1, 0.15) is 17.7 Å². The summed E-state index contributed by atoms with van der Waals surface area (Å²) in [7, 11) is 1.28. The zero-order chi connectivity index (χ0) is 22.5. The lowest BCUT2D eigenvalue weighted by atomic mass is 9.97. The van der Waals surface area contributed by atoms with Crippen molar-refractivity contribution < 1.29 is 27.8 Å². The Morgan fingerprint density at radius 2 is 1.97 bits per heavy atom. The van der Waals surface area contributed by atoms with Crippen LogP contribution < -0.4 is 5.32 Å².